The summed E-state index contributed by atoms with van der Waals surface area (Å²) >= 11 is 0. The van der Waals surface area contributed by atoms with E-state index >= 15 is 0 Å². The van der Waals surface area contributed by atoms with E-state index in [-0.39, 0.29) is 18.4 Å². The number of amides is 2. The van der Waals surface area contributed by atoms with Gasteiger partial charge in [0.1, 0.15) is 0 Å². The van der Waals surface area contributed by atoms with Crippen molar-refractivity contribution in [1.82, 2.24) is 20.2 Å². The Balaban J connectivity index is 2.00. The molecule has 0 aliphatic rings. The van der Waals surface area contributed by atoms with Crippen LogP contribution >= 0.6 is 0 Å². The lowest BCUT2D eigenvalue weighted by molar-refractivity contribution is -0.137. The maximum absolute atomic E-state index is 11.5. The lowest BCUT2D eigenvalue weighted by Crippen LogP contribution is -2.38. The van der Waals surface area contributed by atoms with Crippen LogP contribution in [0.5, 0.6) is 0 Å². The Morgan fingerprint density at radius 3 is 2.70 bits per heavy atom. The number of carboxylic acids is 1. The minimum absolute atomic E-state index is 0.179. The molecular weight excluding hydrogens is 260 g/mol. The van der Waals surface area contributed by atoms with Gasteiger partial charge in [-0.25, -0.2) is 9.78 Å². The number of aromatic nitrogens is 2. The Labute approximate surface area is 118 Å². The summed E-state index contributed by atoms with van der Waals surface area (Å²) in [6.07, 6.45) is 6.83. The summed E-state index contributed by atoms with van der Waals surface area (Å²) in [6, 6.07) is -0.199. The fourth-order valence-corrected chi connectivity index (χ4v) is 1.73. The maximum Gasteiger partial charge on any atom is 0.314 e. The number of carboxylic acid groups (broad SMARTS) is 1. The van der Waals surface area contributed by atoms with E-state index in [1.54, 1.807) is 12.5 Å². The van der Waals surface area contributed by atoms with Gasteiger partial charge in [0.05, 0.1) is 6.33 Å². The predicted molar refractivity (Wildman–Crippen MR) is 74.3 cm³/mol. The van der Waals surface area contributed by atoms with E-state index in [1.807, 2.05) is 17.7 Å². The highest BCUT2D eigenvalue weighted by Crippen LogP contribution is 2.08. The van der Waals surface area contributed by atoms with Crippen molar-refractivity contribution in [2.45, 2.75) is 32.7 Å². The summed E-state index contributed by atoms with van der Waals surface area (Å²) in [5.41, 5.74) is 0. The molecule has 0 aliphatic heterocycles. The molecule has 0 aromatic carbocycles. The number of urea groups is 1. The molecule has 20 heavy (non-hydrogen) atoms. The Morgan fingerprint density at radius 2 is 2.05 bits per heavy atom. The average Bonchev–Trinajstić information content (AvgIpc) is 2.89. The van der Waals surface area contributed by atoms with Crippen molar-refractivity contribution in [3.8, 4) is 0 Å². The van der Waals surface area contributed by atoms with Crippen LogP contribution in [0.15, 0.2) is 18.7 Å². The van der Waals surface area contributed by atoms with Crippen LogP contribution in [0.2, 0.25) is 0 Å². The molecule has 1 atom stereocenters. The molecule has 7 heteroatoms. The number of nitrogens with zero attached hydrogens (tertiary/aromatic N) is 2. The van der Waals surface area contributed by atoms with E-state index in [4.69, 9.17) is 5.11 Å². The van der Waals surface area contributed by atoms with Crippen LogP contribution in [0, 0.1) is 5.92 Å². The van der Waals surface area contributed by atoms with Gasteiger partial charge in [-0.15, -0.1) is 0 Å². The molecule has 1 unspecified atom stereocenters. The number of carbonyl (C=O) groups is 2. The monoisotopic (exact) mass is 282 g/mol. The zero-order valence-corrected chi connectivity index (χ0v) is 11.7. The summed E-state index contributed by atoms with van der Waals surface area (Å²) in [5, 5.41) is 14.1. The van der Waals surface area contributed by atoms with E-state index in [0.717, 1.165) is 6.42 Å². The van der Waals surface area contributed by atoms with E-state index in [0.29, 0.717) is 26.1 Å². The van der Waals surface area contributed by atoms with Gasteiger partial charge in [0.25, 0.3) is 0 Å². The number of rotatable bonds is 9. The molecule has 0 saturated carbocycles. The van der Waals surface area contributed by atoms with Crippen LogP contribution < -0.4 is 10.6 Å². The van der Waals surface area contributed by atoms with E-state index in [1.165, 1.54) is 0 Å². The molecule has 1 aromatic rings. The minimum Gasteiger partial charge on any atom is -0.481 e. The van der Waals surface area contributed by atoms with Gasteiger partial charge < -0.3 is 20.3 Å². The van der Waals surface area contributed by atoms with Crippen molar-refractivity contribution in [1.29, 1.82) is 0 Å². The molecule has 7 nitrogen and oxygen atoms in total. The lowest BCUT2D eigenvalue weighted by atomic mass is 10.0. The highest BCUT2D eigenvalue weighted by molar-refractivity contribution is 5.73. The lowest BCUT2D eigenvalue weighted by Gasteiger charge is -2.11. The molecule has 1 rings (SSSR count). The van der Waals surface area contributed by atoms with Crippen LogP contribution in [0.3, 0.4) is 0 Å². The summed E-state index contributed by atoms with van der Waals surface area (Å²) in [4.78, 5) is 25.8. The van der Waals surface area contributed by atoms with Gasteiger partial charge in [-0.05, 0) is 18.8 Å². The van der Waals surface area contributed by atoms with Gasteiger partial charge in [0.2, 0.25) is 0 Å². The Morgan fingerprint density at radius 1 is 1.30 bits per heavy atom. The SMILES string of the molecule is CC(CCNC(=O)NCCn1ccnc1)CCC(=O)O. The largest absolute Gasteiger partial charge is 0.481 e. The molecule has 112 valence electrons. The second kappa shape index (κ2) is 8.95. The zero-order valence-electron chi connectivity index (χ0n) is 11.7. The first-order valence-corrected chi connectivity index (χ1v) is 6.77. The summed E-state index contributed by atoms with van der Waals surface area (Å²) in [5.74, 6) is -0.487. The van der Waals surface area contributed by atoms with Gasteiger partial charge in [-0.3, -0.25) is 4.79 Å². The highest BCUT2D eigenvalue weighted by Gasteiger charge is 2.06. The third-order valence-electron chi connectivity index (χ3n) is 2.99. The predicted octanol–water partition coefficient (Wildman–Crippen LogP) is 1.07. The number of imidazole rings is 1. The van der Waals surface area contributed by atoms with E-state index in [2.05, 4.69) is 15.6 Å². The summed E-state index contributed by atoms with van der Waals surface area (Å²) in [6.45, 7) is 3.76. The minimum atomic E-state index is -0.776. The molecule has 0 bridgehead atoms. The van der Waals surface area contributed by atoms with E-state index in [9.17, 15) is 9.59 Å². The van der Waals surface area contributed by atoms with Crippen LogP contribution in [-0.2, 0) is 11.3 Å². The molecule has 0 spiro atoms. The Hall–Kier alpha value is -2.05. The molecular formula is C13H22N4O3. The van der Waals surface area contributed by atoms with Crippen LogP contribution in [0.1, 0.15) is 26.2 Å². The molecule has 0 aliphatic carbocycles. The third-order valence-corrected chi connectivity index (χ3v) is 2.99. The maximum atomic E-state index is 11.5. The molecule has 1 aromatic heterocycles. The molecule has 0 saturated heterocycles. The number of hydrogen-bond donors (Lipinski definition) is 3. The van der Waals surface area contributed by atoms with Crippen molar-refractivity contribution >= 4 is 12.0 Å². The van der Waals surface area contributed by atoms with E-state index < -0.39 is 5.97 Å². The van der Waals surface area contributed by atoms with Gasteiger partial charge in [-0.1, -0.05) is 6.92 Å². The quantitative estimate of drug-likeness (QED) is 0.631. The van der Waals surface area contributed by atoms with Crippen molar-refractivity contribution in [2.24, 2.45) is 5.92 Å². The standard InChI is InChI=1S/C13H22N4O3/c1-11(2-3-12(18)19)4-5-15-13(20)16-7-9-17-8-6-14-10-17/h6,8,10-11H,2-5,7,9H2,1H3,(H,18,19)(H2,15,16,20). The Bertz CT molecular complexity index is 406. The first kappa shape index (κ1) is 16.0. The van der Waals surface area contributed by atoms with Crippen molar-refractivity contribution in [3.05, 3.63) is 18.7 Å². The molecule has 2 amide bonds. The molecule has 0 fully saturated rings. The van der Waals surface area contributed by atoms with Gasteiger partial charge in [0, 0.05) is 38.4 Å². The Kier molecular flexibility index (Phi) is 7.16. The van der Waals surface area contributed by atoms with Gasteiger partial charge in [0.15, 0.2) is 0 Å². The normalized spacial score (nSPS) is 11.8. The van der Waals surface area contributed by atoms with Crippen LogP contribution in [0.25, 0.3) is 0 Å². The highest BCUT2D eigenvalue weighted by atomic mass is 16.4. The fraction of sp³-hybridized carbons (Fsp3) is 0.615. The number of nitrogens with one attached hydrogen (secondary N) is 2. The first-order valence-electron chi connectivity index (χ1n) is 6.77. The van der Waals surface area contributed by atoms with Crippen molar-refractivity contribution < 1.29 is 14.7 Å². The second-order valence-corrected chi connectivity index (χ2v) is 4.81. The van der Waals surface area contributed by atoms with Gasteiger partial charge in [-0.2, -0.15) is 0 Å². The smallest absolute Gasteiger partial charge is 0.314 e. The van der Waals surface area contributed by atoms with Crippen LogP contribution in [0.4, 0.5) is 4.79 Å². The summed E-state index contributed by atoms with van der Waals surface area (Å²) in [7, 11) is 0. The first-order chi connectivity index (χ1) is 9.58. The average molecular weight is 282 g/mol. The third kappa shape index (κ3) is 7.40. The number of hydrogen-bond acceptors (Lipinski definition) is 3. The van der Waals surface area contributed by atoms with Crippen molar-refractivity contribution in [3.63, 3.8) is 0 Å². The topological polar surface area (TPSA) is 96.3 Å². The van der Waals surface area contributed by atoms with Crippen molar-refractivity contribution in [2.75, 3.05) is 13.1 Å². The second-order valence-electron chi connectivity index (χ2n) is 4.81. The number of carbonyl (C=O) groups excluding carboxylic acids is 1. The molecule has 3 N–H and O–H groups in total. The molecule has 1 heterocycles. The number of aliphatic carboxylic acids is 1. The zero-order chi connectivity index (χ0) is 14.8. The molecule has 0 radical (unpaired) electrons. The summed E-state index contributed by atoms with van der Waals surface area (Å²) < 4.78 is 1.88. The fourth-order valence-electron chi connectivity index (χ4n) is 1.73. The van der Waals surface area contributed by atoms with Crippen LogP contribution in [-0.4, -0.2) is 39.7 Å². The van der Waals surface area contributed by atoms with Gasteiger partial charge >= 0.3 is 12.0 Å².